The third kappa shape index (κ3) is 1.35. The lowest BCUT2D eigenvalue weighted by atomic mass is 10.1. The van der Waals surface area contributed by atoms with Gasteiger partial charge >= 0.3 is 0 Å². The summed E-state index contributed by atoms with van der Waals surface area (Å²) >= 11 is 0. The van der Waals surface area contributed by atoms with Crippen LogP contribution in [0.5, 0.6) is 0 Å². The molecule has 2 N–H and O–H groups in total. The second kappa shape index (κ2) is 3.25. The van der Waals surface area contributed by atoms with Gasteiger partial charge < -0.3 is 5.32 Å². The van der Waals surface area contributed by atoms with Gasteiger partial charge in [0.15, 0.2) is 0 Å². The van der Waals surface area contributed by atoms with Gasteiger partial charge in [0.25, 0.3) is 0 Å². The fourth-order valence-corrected chi connectivity index (χ4v) is 1.61. The summed E-state index contributed by atoms with van der Waals surface area (Å²) in [5, 5.41) is 10.3. The lowest BCUT2D eigenvalue weighted by Crippen LogP contribution is -2.43. The molecule has 1 aromatic rings. The quantitative estimate of drug-likeness (QED) is 0.616. The average Bonchev–Trinajstić information content (AvgIpc) is 2.57. The molecule has 1 aliphatic rings. The topological polar surface area (TPSA) is 44.0 Å². The number of hydrogen-bond donors (Lipinski definition) is 2. The number of piperazine rings is 1. The first-order chi connectivity index (χ1) is 5.88. The molecular formula is C8H14N4. The minimum absolute atomic E-state index is 0.459. The van der Waals surface area contributed by atoms with E-state index in [1.54, 1.807) is 6.20 Å². The van der Waals surface area contributed by atoms with E-state index in [1.807, 2.05) is 6.07 Å². The number of aromatic nitrogens is 2. The lowest BCUT2D eigenvalue weighted by molar-refractivity contribution is 0.198. The average molecular weight is 166 g/mol. The molecule has 0 bridgehead atoms. The van der Waals surface area contributed by atoms with Crippen LogP contribution in [0.15, 0.2) is 12.3 Å². The van der Waals surface area contributed by atoms with Crippen LogP contribution in [0.4, 0.5) is 0 Å². The monoisotopic (exact) mass is 166 g/mol. The number of hydrogen-bond acceptors (Lipinski definition) is 3. The first-order valence-electron chi connectivity index (χ1n) is 4.28. The van der Waals surface area contributed by atoms with Crippen LogP contribution < -0.4 is 5.32 Å². The number of H-pyrrole nitrogens is 1. The van der Waals surface area contributed by atoms with Gasteiger partial charge in [0.05, 0.1) is 11.7 Å². The van der Waals surface area contributed by atoms with E-state index in [0.29, 0.717) is 6.04 Å². The zero-order valence-electron chi connectivity index (χ0n) is 7.25. The number of nitrogens with one attached hydrogen (secondary N) is 2. The Bertz CT molecular complexity index is 231. The Morgan fingerprint density at radius 3 is 3.25 bits per heavy atom. The molecule has 0 saturated carbocycles. The van der Waals surface area contributed by atoms with Gasteiger partial charge in [-0.25, -0.2) is 0 Å². The van der Waals surface area contributed by atoms with Crippen molar-refractivity contribution >= 4 is 0 Å². The first kappa shape index (κ1) is 7.76. The summed E-state index contributed by atoms with van der Waals surface area (Å²) in [5.74, 6) is 0. The van der Waals surface area contributed by atoms with Gasteiger partial charge in [-0.3, -0.25) is 10.00 Å². The van der Waals surface area contributed by atoms with Gasteiger partial charge in [0.1, 0.15) is 0 Å². The Morgan fingerprint density at radius 1 is 1.67 bits per heavy atom. The van der Waals surface area contributed by atoms with E-state index in [-0.39, 0.29) is 0 Å². The van der Waals surface area contributed by atoms with Crippen LogP contribution >= 0.6 is 0 Å². The molecule has 0 spiro atoms. The van der Waals surface area contributed by atoms with E-state index in [9.17, 15) is 0 Å². The molecule has 4 nitrogen and oxygen atoms in total. The molecule has 1 fully saturated rings. The molecule has 1 saturated heterocycles. The van der Waals surface area contributed by atoms with Crippen molar-refractivity contribution in [2.45, 2.75) is 6.04 Å². The smallest absolute Gasteiger partial charge is 0.0639 e. The highest BCUT2D eigenvalue weighted by atomic mass is 15.2. The number of nitrogens with zero attached hydrogens (tertiary/aromatic N) is 2. The van der Waals surface area contributed by atoms with E-state index in [2.05, 4.69) is 27.5 Å². The van der Waals surface area contributed by atoms with E-state index >= 15 is 0 Å². The normalized spacial score (nSPS) is 25.9. The fourth-order valence-electron chi connectivity index (χ4n) is 1.61. The molecule has 12 heavy (non-hydrogen) atoms. The summed E-state index contributed by atoms with van der Waals surface area (Å²) in [6, 6.07) is 2.50. The van der Waals surface area contributed by atoms with E-state index in [0.717, 1.165) is 19.6 Å². The SMILES string of the molecule is CN1CCNCC1c1ccn[nH]1. The van der Waals surface area contributed by atoms with Crippen LogP contribution in [-0.2, 0) is 0 Å². The van der Waals surface area contributed by atoms with Gasteiger partial charge in [-0.1, -0.05) is 0 Å². The van der Waals surface area contributed by atoms with Crippen molar-refractivity contribution in [1.29, 1.82) is 0 Å². The molecule has 1 unspecified atom stereocenters. The number of likely N-dealkylation sites (N-methyl/N-ethyl adjacent to an activating group) is 1. The van der Waals surface area contributed by atoms with Gasteiger partial charge in [-0.2, -0.15) is 5.10 Å². The van der Waals surface area contributed by atoms with Crippen LogP contribution in [0.3, 0.4) is 0 Å². The highest BCUT2D eigenvalue weighted by Gasteiger charge is 2.20. The number of rotatable bonds is 1. The van der Waals surface area contributed by atoms with E-state index in [1.165, 1.54) is 5.69 Å². The zero-order valence-corrected chi connectivity index (χ0v) is 7.25. The second-order valence-electron chi connectivity index (χ2n) is 3.21. The van der Waals surface area contributed by atoms with Gasteiger partial charge in [-0.15, -0.1) is 0 Å². The maximum Gasteiger partial charge on any atom is 0.0639 e. The molecule has 1 aromatic heterocycles. The molecular weight excluding hydrogens is 152 g/mol. The fraction of sp³-hybridized carbons (Fsp3) is 0.625. The summed E-state index contributed by atoms with van der Waals surface area (Å²) in [6.07, 6.45) is 1.80. The zero-order chi connectivity index (χ0) is 8.39. The summed E-state index contributed by atoms with van der Waals surface area (Å²) in [4.78, 5) is 2.34. The van der Waals surface area contributed by atoms with Crippen molar-refractivity contribution in [3.8, 4) is 0 Å². The van der Waals surface area contributed by atoms with Gasteiger partial charge in [-0.05, 0) is 13.1 Å². The maximum absolute atomic E-state index is 3.95. The molecule has 66 valence electrons. The molecule has 4 heteroatoms. The standard InChI is InChI=1S/C8H14N4/c1-12-5-4-9-6-8(12)7-2-3-10-11-7/h2-3,8-9H,4-6H2,1H3,(H,10,11). The maximum atomic E-state index is 3.95. The van der Waals surface area contributed by atoms with Crippen LogP contribution in [-0.4, -0.2) is 41.8 Å². The molecule has 0 aliphatic carbocycles. The van der Waals surface area contributed by atoms with Crippen molar-refractivity contribution in [3.05, 3.63) is 18.0 Å². The lowest BCUT2D eigenvalue weighted by Gasteiger charge is -2.32. The van der Waals surface area contributed by atoms with Crippen LogP contribution in [0, 0.1) is 0 Å². The molecule has 2 heterocycles. The van der Waals surface area contributed by atoms with E-state index < -0.39 is 0 Å². The summed E-state index contributed by atoms with van der Waals surface area (Å²) in [5.41, 5.74) is 1.20. The minimum Gasteiger partial charge on any atom is -0.313 e. The molecule has 0 aromatic carbocycles. The number of aromatic amines is 1. The van der Waals surface area contributed by atoms with Gasteiger partial charge in [0.2, 0.25) is 0 Å². The molecule has 1 atom stereocenters. The predicted molar refractivity (Wildman–Crippen MR) is 46.8 cm³/mol. The molecule has 0 radical (unpaired) electrons. The molecule has 0 amide bonds. The Morgan fingerprint density at radius 2 is 2.58 bits per heavy atom. The predicted octanol–water partition coefficient (Wildman–Crippen LogP) is -0.0142. The van der Waals surface area contributed by atoms with Crippen molar-refractivity contribution in [2.24, 2.45) is 0 Å². The van der Waals surface area contributed by atoms with Crippen molar-refractivity contribution in [3.63, 3.8) is 0 Å². The van der Waals surface area contributed by atoms with Crippen molar-refractivity contribution in [2.75, 3.05) is 26.7 Å². The highest BCUT2D eigenvalue weighted by molar-refractivity contribution is 5.06. The Balaban J connectivity index is 2.11. The minimum atomic E-state index is 0.459. The van der Waals surface area contributed by atoms with Crippen molar-refractivity contribution in [1.82, 2.24) is 20.4 Å². The third-order valence-corrected chi connectivity index (χ3v) is 2.39. The second-order valence-corrected chi connectivity index (χ2v) is 3.21. The van der Waals surface area contributed by atoms with E-state index in [4.69, 9.17) is 0 Å². The van der Waals surface area contributed by atoms with Gasteiger partial charge in [0, 0.05) is 25.8 Å². The van der Waals surface area contributed by atoms with Crippen molar-refractivity contribution < 1.29 is 0 Å². The van der Waals surface area contributed by atoms with Crippen LogP contribution in [0.1, 0.15) is 11.7 Å². The highest BCUT2D eigenvalue weighted by Crippen LogP contribution is 2.17. The van der Waals surface area contributed by atoms with Crippen LogP contribution in [0.25, 0.3) is 0 Å². The molecule has 1 aliphatic heterocycles. The third-order valence-electron chi connectivity index (χ3n) is 2.39. The van der Waals surface area contributed by atoms with Crippen LogP contribution in [0.2, 0.25) is 0 Å². The summed E-state index contributed by atoms with van der Waals surface area (Å²) < 4.78 is 0. The molecule has 2 rings (SSSR count). The Kier molecular flexibility index (Phi) is 2.10. The Labute approximate surface area is 72.0 Å². The Hall–Kier alpha value is -0.870. The largest absolute Gasteiger partial charge is 0.313 e. The summed E-state index contributed by atoms with van der Waals surface area (Å²) in [6.45, 7) is 3.20. The summed E-state index contributed by atoms with van der Waals surface area (Å²) in [7, 11) is 2.15. The first-order valence-corrected chi connectivity index (χ1v) is 4.28.